The average Bonchev–Trinajstić information content (AvgIpc) is 1.91. The smallest absolute Gasteiger partial charge is 0.0437 e. The van der Waals surface area contributed by atoms with Gasteiger partial charge in [-0.3, -0.25) is 0 Å². The average molecular weight is 173 g/mol. The first-order valence-electron chi connectivity index (χ1n) is 3.03. The van der Waals surface area contributed by atoms with Gasteiger partial charge >= 0.3 is 0 Å². The van der Waals surface area contributed by atoms with Crippen LogP contribution in [0.25, 0.3) is 0 Å². The van der Waals surface area contributed by atoms with Gasteiger partial charge in [0.2, 0.25) is 0 Å². The quantitative estimate of drug-likeness (QED) is 0.595. The fourth-order valence-electron chi connectivity index (χ4n) is 0.204. The van der Waals surface area contributed by atoms with Crippen molar-refractivity contribution in [1.82, 2.24) is 0 Å². The van der Waals surface area contributed by atoms with Gasteiger partial charge in [0.1, 0.15) is 0 Å². The van der Waals surface area contributed by atoms with Gasteiger partial charge in [0.25, 0.3) is 0 Å². The second-order valence-corrected chi connectivity index (χ2v) is 1.92. The summed E-state index contributed by atoms with van der Waals surface area (Å²) in [7, 11) is 0. The Morgan fingerprint density at radius 3 is 1.33 bits per heavy atom. The minimum absolute atomic E-state index is 0.557. The van der Waals surface area contributed by atoms with Crippen molar-refractivity contribution in [3.05, 3.63) is 0 Å². The van der Waals surface area contributed by atoms with Gasteiger partial charge in [-0.1, -0.05) is 0 Å². The third-order valence-corrected chi connectivity index (χ3v) is 1.05. The number of alkyl halides is 2. The first-order valence-corrected chi connectivity index (χ1v) is 4.10. The molecule has 9 heavy (non-hydrogen) atoms. The highest BCUT2D eigenvalue weighted by atomic mass is 35.5. The topological polar surface area (TPSA) is 9.23 Å². The molecule has 1 nitrogen and oxygen atoms in total. The molecular weight excluding hydrogens is 159 g/mol. The molecule has 0 aromatic heterocycles. The van der Waals surface area contributed by atoms with E-state index in [4.69, 9.17) is 27.9 Å². The first-order chi connectivity index (χ1) is 4.33. The molecule has 58 valence electrons. The van der Waals surface area contributed by atoms with Crippen molar-refractivity contribution < 1.29 is 4.74 Å². The fraction of sp³-hybridized carbons (Fsp3) is 1.00. The van der Waals surface area contributed by atoms with Crippen LogP contribution in [0.3, 0.4) is 0 Å². The molecule has 0 heterocycles. The normalized spacial score (nSPS) is 8.00. The van der Waals surface area contributed by atoms with E-state index in [1.165, 1.54) is 0 Å². The number of ether oxygens (including phenoxy) is 1. The van der Waals surface area contributed by atoms with E-state index >= 15 is 0 Å². The molecule has 0 rings (SSSR count). The van der Waals surface area contributed by atoms with E-state index in [-0.39, 0.29) is 0 Å². The molecule has 0 aliphatic rings. The fourth-order valence-corrected chi connectivity index (χ4v) is 0.204. The molecule has 3 heteroatoms. The van der Waals surface area contributed by atoms with Crippen LogP contribution in [0.4, 0.5) is 0 Å². The summed E-state index contributed by atoms with van der Waals surface area (Å²) in [6.45, 7) is 5.67. The van der Waals surface area contributed by atoms with Crippen molar-refractivity contribution in [2.45, 2.75) is 13.8 Å². The van der Waals surface area contributed by atoms with E-state index < -0.39 is 0 Å². The van der Waals surface area contributed by atoms with Crippen molar-refractivity contribution in [2.75, 3.05) is 25.0 Å². The van der Waals surface area contributed by atoms with Gasteiger partial charge in [-0.2, -0.15) is 0 Å². The van der Waals surface area contributed by atoms with Gasteiger partial charge in [-0.15, -0.1) is 23.2 Å². The maximum absolute atomic E-state index is 5.05. The highest BCUT2D eigenvalue weighted by molar-refractivity contribution is 6.25. The number of halogens is 2. The lowest BCUT2D eigenvalue weighted by Gasteiger charge is -1.86. The maximum Gasteiger partial charge on any atom is 0.0437 e. The van der Waals surface area contributed by atoms with Gasteiger partial charge in [0.05, 0.1) is 0 Å². The van der Waals surface area contributed by atoms with Gasteiger partial charge in [-0.25, -0.2) is 0 Å². The molecule has 0 saturated heterocycles. The van der Waals surface area contributed by atoms with Crippen LogP contribution < -0.4 is 0 Å². The third-order valence-electron chi connectivity index (χ3n) is 0.480. The number of hydrogen-bond donors (Lipinski definition) is 0. The van der Waals surface area contributed by atoms with Crippen LogP contribution in [0.15, 0.2) is 0 Å². The molecule has 0 unspecified atom stereocenters. The van der Waals surface area contributed by atoms with Gasteiger partial charge in [0, 0.05) is 25.0 Å². The number of hydrogen-bond acceptors (Lipinski definition) is 1. The molecule has 0 spiro atoms. The second kappa shape index (κ2) is 15.8. The van der Waals surface area contributed by atoms with E-state index in [0.717, 1.165) is 13.2 Å². The Balaban J connectivity index is 0. The predicted octanol–water partition coefficient (Wildman–Crippen LogP) is 2.51. The molecule has 0 bridgehead atoms. The van der Waals surface area contributed by atoms with Crippen LogP contribution in [-0.2, 0) is 4.74 Å². The Hall–Kier alpha value is 0.540. The lowest BCUT2D eigenvalue weighted by Crippen LogP contribution is -1.84. The molecule has 0 atom stereocenters. The summed E-state index contributed by atoms with van der Waals surface area (Å²) < 4.78 is 4.83. The minimum atomic E-state index is 0.557. The Labute approximate surface area is 67.3 Å². The van der Waals surface area contributed by atoms with Crippen molar-refractivity contribution in [1.29, 1.82) is 0 Å². The SMILES string of the molecule is CCOCC.ClCCCl. The minimum Gasteiger partial charge on any atom is -0.382 e. The van der Waals surface area contributed by atoms with Crippen LogP contribution in [-0.4, -0.2) is 25.0 Å². The van der Waals surface area contributed by atoms with Crippen LogP contribution in [0.2, 0.25) is 0 Å². The van der Waals surface area contributed by atoms with Crippen molar-refractivity contribution >= 4 is 23.2 Å². The molecule has 0 fully saturated rings. The molecular formula is C6H14Cl2O. The molecule has 0 saturated carbocycles. The zero-order valence-corrected chi connectivity index (χ0v) is 7.50. The summed E-state index contributed by atoms with van der Waals surface area (Å²) in [5.41, 5.74) is 0. The summed E-state index contributed by atoms with van der Waals surface area (Å²) >= 11 is 10.1. The summed E-state index contributed by atoms with van der Waals surface area (Å²) in [6.07, 6.45) is 0. The lowest BCUT2D eigenvalue weighted by atomic mass is 10.8. The van der Waals surface area contributed by atoms with E-state index in [1.54, 1.807) is 0 Å². The highest BCUT2D eigenvalue weighted by Crippen LogP contribution is 1.75. The lowest BCUT2D eigenvalue weighted by molar-refractivity contribution is 0.162. The monoisotopic (exact) mass is 172 g/mol. The van der Waals surface area contributed by atoms with E-state index in [0.29, 0.717) is 11.8 Å². The van der Waals surface area contributed by atoms with Crippen LogP contribution in [0.5, 0.6) is 0 Å². The molecule has 0 aromatic carbocycles. The summed E-state index contributed by atoms with van der Waals surface area (Å²) in [4.78, 5) is 0. The van der Waals surface area contributed by atoms with Crippen LogP contribution in [0, 0.1) is 0 Å². The zero-order chi connectivity index (χ0) is 7.54. The largest absolute Gasteiger partial charge is 0.382 e. The van der Waals surface area contributed by atoms with E-state index in [2.05, 4.69) is 0 Å². The van der Waals surface area contributed by atoms with Crippen molar-refractivity contribution in [3.63, 3.8) is 0 Å². The van der Waals surface area contributed by atoms with Crippen LogP contribution in [0.1, 0.15) is 13.8 Å². The Morgan fingerprint density at radius 1 is 1.00 bits per heavy atom. The second-order valence-electron chi connectivity index (χ2n) is 1.16. The standard InChI is InChI=1S/C4H10O.C2H4Cl2/c1-3-5-4-2;3-1-2-4/h3-4H2,1-2H3;1-2H2. The highest BCUT2D eigenvalue weighted by Gasteiger charge is 1.64. The first kappa shape index (κ1) is 12.2. The summed E-state index contributed by atoms with van der Waals surface area (Å²) in [5, 5.41) is 0. The summed E-state index contributed by atoms with van der Waals surface area (Å²) in [5.74, 6) is 1.11. The molecule has 0 aliphatic heterocycles. The third kappa shape index (κ3) is 29.1. The van der Waals surface area contributed by atoms with Gasteiger partial charge in [-0.05, 0) is 13.8 Å². The molecule has 0 aliphatic carbocycles. The zero-order valence-electron chi connectivity index (χ0n) is 5.99. The Bertz CT molecular complexity index is 30.2. The maximum atomic E-state index is 5.05. The molecule has 0 radical (unpaired) electrons. The molecule has 0 amide bonds. The number of rotatable bonds is 3. The summed E-state index contributed by atoms with van der Waals surface area (Å²) in [6, 6.07) is 0. The van der Waals surface area contributed by atoms with E-state index in [1.807, 2.05) is 13.8 Å². The van der Waals surface area contributed by atoms with Gasteiger partial charge < -0.3 is 4.74 Å². The van der Waals surface area contributed by atoms with Crippen LogP contribution >= 0.6 is 23.2 Å². The molecule has 0 aromatic rings. The van der Waals surface area contributed by atoms with Crippen molar-refractivity contribution in [3.8, 4) is 0 Å². The Kier molecular flexibility index (Phi) is 21.5. The van der Waals surface area contributed by atoms with E-state index in [9.17, 15) is 0 Å². The Morgan fingerprint density at radius 2 is 1.33 bits per heavy atom. The predicted molar refractivity (Wildman–Crippen MR) is 43.6 cm³/mol. The van der Waals surface area contributed by atoms with Crippen molar-refractivity contribution in [2.24, 2.45) is 0 Å². The van der Waals surface area contributed by atoms with Gasteiger partial charge in [0.15, 0.2) is 0 Å². The molecule has 0 N–H and O–H groups in total.